The van der Waals surface area contributed by atoms with E-state index in [2.05, 4.69) is 20.9 Å². The lowest BCUT2D eigenvalue weighted by molar-refractivity contribution is 0.619. The van der Waals surface area contributed by atoms with Gasteiger partial charge in [-0.15, -0.1) is 0 Å². The zero-order valence-electron chi connectivity index (χ0n) is 10.6. The molecule has 0 saturated carbocycles. The van der Waals surface area contributed by atoms with Gasteiger partial charge in [-0.3, -0.25) is 4.99 Å². The summed E-state index contributed by atoms with van der Waals surface area (Å²) in [5.41, 5.74) is 7.45. The van der Waals surface area contributed by atoms with Crippen LogP contribution in [0.4, 0.5) is 10.1 Å². The average molecular weight is 334 g/mol. The summed E-state index contributed by atoms with van der Waals surface area (Å²) in [7, 11) is 0. The summed E-state index contributed by atoms with van der Waals surface area (Å²) in [5, 5.41) is 0. The minimum atomic E-state index is -0.297. The van der Waals surface area contributed by atoms with Crippen LogP contribution >= 0.6 is 15.9 Å². The summed E-state index contributed by atoms with van der Waals surface area (Å²) >= 11 is 3.41. The Labute approximate surface area is 125 Å². The first-order chi connectivity index (χ1) is 9.66. The average Bonchev–Trinajstić information content (AvgIpc) is 2.82. The fourth-order valence-electron chi connectivity index (χ4n) is 2.38. The third-order valence-corrected chi connectivity index (χ3v) is 3.88. The predicted molar refractivity (Wildman–Crippen MR) is 82.3 cm³/mol. The van der Waals surface area contributed by atoms with Gasteiger partial charge in [0.2, 0.25) is 0 Å². The number of halogens is 2. The van der Waals surface area contributed by atoms with Crippen molar-refractivity contribution in [1.82, 2.24) is 0 Å². The van der Waals surface area contributed by atoms with Crippen molar-refractivity contribution in [2.45, 2.75) is 6.04 Å². The molecular formula is C15H13BrFN3. The van der Waals surface area contributed by atoms with Crippen LogP contribution in [-0.2, 0) is 0 Å². The molecule has 3 nitrogen and oxygen atoms in total. The van der Waals surface area contributed by atoms with Crippen LogP contribution in [0.3, 0.4) is 0 Å². The predicted octanol–water partition coefficient (Wildman–Crippen LogP) is 3.46. The van der Waals surface area contributed by atoms with Crippen LogP contribution in [0.5, 0.6) is 0 Å². The Balaban J connectivity index is 2.01. The highest BCUT2D eigenvalue weighted by molar-refractivity contribution is 9.10. The van der Waals surface area contributed by atoms with E-state index >= 15 is 0 Å². The molecule has 0 radical (unpaired) electrons. The molecule has 0 bridgehead atoms. The van der Waals surface area contributed by atoms with Gasteiger partial charge in [-0.2, -0.15) is 0 Å². The molecule has 2 N–H and O–H groups in total. The Hall–Kier alpha value is -1.88. The van der Waals surface area contributed by atoms with E-state index in [-0.39, 0.29) is 11.9 Å². The Kier molecular flexibility index (Phi) is 3.44. The molecule has 5 heteroatoms. The zero-order chi connectivity index (χ0) is 14.1. The monoisotopic (exact) mass is 333 g/mol. The van der Waals surface area contributed by atoms with Crippen molar-refractivity contribution in [2.75, 3.05) is 11.4 Å². The maximum Gasteiger partial charge on any atom is 0.196 e. The van der Waals surface area contributed by atoms with E-state index < -0.39 is 0 Å². The molecule has 1 aliphatic heterocycles. The Morgan fingerprint density at radius 3 is 2.55 bits per heavy atom. The number of anilines is 1. The molecule has 102 valence electrons. The van der Waals surface area contributed by atoms with Crippen molar-refractivity contribution < 1.29 is 4.39 Å². The molecule has 0 saturated heterocycles. The maximum absolute atomic E-state index is 14.0. The number of rotatable bonds is 2. The highest BCUT2D eigenvalue weighted by Crippen LogP contribution is 2.32. The quantitative estimate of drug-likeness (QED) is 0.914. The number of aliphatic imine (C=N–C) groups is 1. The van der Waals surface area contributed by atoms with Crippen molar-refractivity contribution >= 4 is 27.6 Å². The first kappa shape index (κ1) is 13.1. The maximum atomic E-state index is 14.0. The molecule has 0 fully saturated rings. The fraction of sp³-hybridized carbons (Fsp3) is 0.133. The van der Waals surface area contributed by atoms with Crippen LogP contribution in [0.15, 0.2) is 58.0 Å². The first-order valence-electron chi connectivity index (χ1n) is 6.26. The third-order valence-electron chi connectivity index (χ3n) is 3.35. The van der Waals surface area contributed by atoms with Gasteiger partial charge in [0.25, 0.3) is 0 Å². The minimum absolute atomic E-state index is 0.0694. The lowest BCUT2D eigenvalue weighted by atomic mass is 10.1. The number of hydrogen-bond donors (Lipinski definition) is 1. The van der Waals surface area contributed by atoms with Crippen molar-refractivity contribution in [1.29, 1.82) is 0 Å². The topological polar surface area (TPSA) is 41.6 Å². The fourth-order valence-corrected chi connectivity index (χ4v) is 2.64. The zero-order valence-corrected chi connectivity index (χ0v) is 12.2. The van der Waals surface area contributed by atoms with Crippen LogP contribution in [-0.4, -0.2) is 12.5 Å². The van der Waals surface area contributed by atoms with Crippen LogP contribution in [0.2, 0.25) is 0 Å². The minimum Gasteiger partial charge on any atom is -0.369 e. The lowest BCUT2D eigenvalue weighted by Gasteiger charge is -2.27. The van der Waals surface area contributed by atoms with E-state index in [0.717, 1.165) is 10.0 Å². The molecule has 20 heavy (non-hydrogen) atoms. The molecule has 0 aliphatic carbocycles. The van der Waals surface area contributed by atoms with Crippen molar-refractivity contribution in [3.63, 3.8) is 0 Å². The van der Waals surface area contributed by atoms with Crippen molar-refractivity contribution in [3.8, 4) is 0 Å². The summed E-state index contributed by atoms with van der Waals surface area (Å²) in [6, 6.07) is 14.5. The summed E-state index contributed by atoms with van der Waals surface area (Å²) in [6.07, 6.45) is 0. The van der Waals surface area contributed by atoms with Gasteiger partial charge in [-0.25, -0.2) is 4.39 Å². The second-order valence-corrected chi connectivity index (χ2v) is 5.50. The van der Waals surface area contributed by atoms with E-state index in [1.54, 1.807) is 23.1 Å². The molecule has 2 aromatic carbocycles. The van der Waals surface area contributed by atoms with Crippen LogP contribution in [0, 0.1) is 5.82 Å². The highest BCUT2D eigenvalue weighted by Gasteiger charge is 2.30. The van der Waals surface area contributed by atoms with E-state index in [4.69, 9.17) is 5.73 Å². The second-order valence-electron chi connectivity index (χ2n) is 4.59. The molecule has 1 unspecified atom stereocenters. The first-order valence-corrected chi connectivity index (χ1v) is 7.05. The van der Waals surface area contributed by atoms with Crippen LogP contribution in [0.25, 0.3) is 0 Å². The van der Waals surface area contributed by atoms with Gasteiger partial charge >= 0.3 is 0 Å². The van der Waals surface area contributed by atoms with Gasteiger partial charge in [0, 0.05) is 4.47 Å². The molecule has 1 heterocycles. The van der Waals surface area contributed by atoms with Gasteiger partial charge in [-0.1, -0.05) is 40.2 Å². The number of para-hydroxylation sites is 1. The number of nitrogens with zero attached hydrogens (tertiary/aromatic N) is 2. The van der Waals surface area contributed by atoms with Crippen molar-refractivity contribution in [2.24, 2.45) is 10.7 Å². The highest BCUT2D eigenvalue weighted by atomic mass is 79.9. The standard InChI is InChI=1S/C15H13BrFN3/c16-11-7-5-10(6-8-11)14-9-19-15(18)20(14)13-4-2-1-3-12(13)17/h1-8,14H,9H2,(H2,18,19). The molecule has 0 aromatic heterocycles. The summed E-state index contributed by atoms with van der Waals surface area (Å²) in [5.74, 6) is 0.0534. The van der Waals surface area contributed by atoms with E-state index in [1.165, 1.54) is 6.07 Å². The summed E-state index contributed by atoms with van der Waals surface area (Å²) in [6.45, 7) is 0.530. The van der Waals surface area contributed by atoms with E-state index in [9.17, 15) is 4.39 Å². The SMILES string of the molecule is NC1=NCC(c2ccc(Br)cc2)N1c1ccccc1F. The normalized spacial score (nSPS) is 18.2. The van der Waals surface area contributed by atoms with E-state index in [0.29, 0.717) is 18.2 Å². The number of nitrogens with two attached hydrogens (primary N) is 1. The Morgan fingerprint density at radius 2 is 1.85 bits per heavy atom. The molecule has 1 aliphatic rings. The van der Waals surface area contributed by atoms with Gasteiger partial charge in [-0.05, 0) is 29.8 Å². The molecule has 0 spiro atoms. The lowest BCUT2D eigenvalue weighted by Crippen LogP contribution is -2.36. The van der Waals surface area contributed by atoms with E-state index in [1.807, 2.05) is 24.3 Å². The van der Waals surface area contributed by atoms with Crippen LogP contribution in [0.1, 0.15) is 11.6 Å². The third kappa shape index (κ3) is 2.29. The molecule has 1 atom stereocenters. The number of hydrogen-bond acceptors (Lipinski definition) is 3. The van der Waals surface area contributed by atoms with Gasteiger partial charge < -0.3 is 10.6 Å². The smallest absolute Gasteiger partial charge is 0.196 e. The Morgan fingerprint density at radius 1 is 1.15 bits per heavy atom. The number of benzene rings is 2. The van der Waals surface area contributed by atoms with Crippen LogP contribution < -0.4 is 10.6 Å². The molecular weight excluding hydrogens is 321 g/mol. The second kappa shape index (κ2) is 5.25. The number of guanidine groups is 1. The Bertz CT molecular complexity index is 654. The largest absolute Gasteiger partial charge is 0.369 e. The molecule has 2 aromatic rings. The molecule has 0 amide bonds. The van der Waals surface area contributed by atoms with Crippen molar-refractivity contribution in [3.05, 3.63) is 64.4 Å². The summed E-state index contributed by atoms with van der Waals surface area (Å²) < 4.78 is 15.0. The summed E-state index contributed by atoms with van der Waals surface area (Å²) in [4.78, 5) is 6.01. The molecule has 3 rings (SSSR count). The van der Waals surface area contributed by atoms with Gasteiger partial charge in [0.15, 0.2) is 5.96 Å². The van der Waals surface area contributed by atoms with Gasteiger partial charge in [0.05, 0.1) is 18.3 Å². The van der Waals surface area contributed by atoms with Gasteiger partial charge in [0.1, 0.15) is 5.82 Å².